The molecule has 0 atom stereocenters. The van der Waals surface area contributed by atoms with Gasteiger partial charge in [-0.25, -0.2) is 0 Å². The van der Waals surface area contributed by atoms with Gasteiger partial charge in [-0.3, -0.25) is 4.79 Å². The van der Waals surface area contributed by atoms with Gasteiger partial charge in [0.15, 0.2) is 5.78 Å². The third kappa shape index (κ3) is 5.51. The Bertz CT molecular complexity index is 116. The van der Waals surface area contributed by atoms with Crippen LogP contribution in [-0.2, 0) is 9.53 Å². The Balaban J connectivity index is 3.11. The lowest BCUT2D eigenvalue weighted by molar-refractivity contribution is -0.122. The summed E-state index contributed by atoms with van der Waals surface area (Å²) in [7, 11) is 0. The summed E-state index contributed by atoms with van der Waals surface area (Å²) in [5, 5.41) is 0. The molecule has 0 fully saturated rings. The van der Waals surface area contributed by atoms with Crippen molar-refractivity contribution in [1.82, 2.24) is 0 Å². The Morgan fingerprint density at radius 3 is 2.80 bits per heavy atom. The Kier molecular flexibility index (Phi) is 6.08. The average Bonchev–Trinajstić information content (AvgIpc) is 1.98. The van der Waals surface area contributed by atoms with E-state index in [4.69, 9.17) is 4.74 Å². The second-order valence-electron chi connectivity index (χ2n) is 1.98. The second kappa shape index (κ2) is 6.49. The summed E-state index contributed by atoms with van der Waals surface area (Å²) in [6.45, 7) is 4.55. The zero-order valence-electron chi connectivity index (χ0n) is 6.59. The predicted octanol–water partition coefficient (Wildman–Crippen LogP) is 1.56. The SMILES string of the molecule is C/C=C/COCC(=O)CC. The second-order valence-corrected chi connectivity index (χ2v) is 1.98. The first-order valence-corrected chi connectivity index (χ1v) is 3.51. The first kappa shape index (κ1) is 9.37. The summed E-state index contributed by atoms with van der Waals surface area (Å²) >= 11 is 0. The van der Waals surface area contributed by atoms with Crippen LogP contribution in [0.15, 0.2) is 12.2 Å². The van der Waals surface area contributed by atoms with E-state index in [0.717, 1.165) is 0 Å². The molecule has 0 aromatic heterocycles. The molecule has 0 rings (SSSR count). The first-order valence-electron chi connectivity index (χ1n) is 3.51. The number of hydrogen-bond donors (Lipinski definition) is 0. The van der Waals surface area contributed by atoms with Crippen LogP contribution in [0.5, 0.6) is 0 Å². The standard InChI is InChI=1S/C8H14O2/c1-3-5-6-10-7-8(9)4-2/h3,5H,4,6-7H2,1-2H3/b5-3+. The summed E-state index contributed by atoms with van der Waals surface area (Å²) in [4.78, 5) is 10.6. The highest BCUT2D eigenvalue weighted by Crippen LogP contribution is 1.83. The molecule has 0 amide bonds. The van der Waals surface area contributed by atoms with E-state index in [1.807, 2.05) is 26.0 Å². The highest BCUT2D eigenvalue weighted by Gasteiger charge is 1.94. The molecule has 0 N–H and O–H groups in total. The van der Waals surface area contributed by atoms with Gasteiger partial charge in [0.25, 0.3) is 0 Å². The number of hydrogen-bond acceptors (Lipinski definition) is 2. The van der Waals surface area contributed by atoms with Crippen LogP contribution in [0, 0.1) is 0 Å². The van der Waals surface area contributed by atoms with E-state index in [1.54, 1.807) is 0 Å². The Morgan fingerprint density at radius 2 is 2.30 bits per heavy atom. The number of rotatable bonds is 5. The van der Waals surface area contributed by atoms with Crippen LogP contribution in [0.4, 0.5) is 0 Å². The van der Waals surface area contributed by atoms with Gasteiger partial charge in [0.2, 0.25) is 0 Å². The molecular formula is C8H14O2. The van der Waals surface area contributed by atoms with Crippen LogP contribution in [0.25, 0.3) is 0 Å². The molecule has 0 aliphatic carbocycles. The van der Waals surface area contributed by atoms with E-state index in [9.17, 15) is 4.79 Å². The lowest BCUT2D eigenvalue weighted by Gasteiger charge is -1.96. The van der Waals surface area contributed by atoms with E-state index in [2.05, 4.69) is 0 Å². The van der Waals surface area contributed by atoms with Crippen LogP contribution < -0.4 is 0 Å². The quantitative estimate of drug-likeness (QED) is 0.430. The van der Waals surface area contributed by atoms with Crippen molar-refractivity contribution < 1.29 is 9.53 Å². The monoisotopic (exact) mass is 142 g/mol. The minimum Gasteiger partial charge on any atom is -0.370 e. The van der Waals surface area contributed by atoms with Crippen LogP contribution in [0.1, 0.15) is 20.3 Å². The van der Waals surface area contributed by atoms with E-state index < -0.39 is 0 Å². The average molecular weight is 142 g/mol. The molecule has 58 valence electrons. The number of carbonyl (C=O) groups excluding carboxylic acids is 1. The molecule has 0 saturated heterocycles. The van der Waals surface area contributed by atoms with Crippen molar-refractivity contribution >= 4 is 5.78 Å². The summed E-state index contributed by atoms with van der Waals surface area (Å²) in [6, 6.07) is 0. The third-order valence-electron chi connectivity index (χ3n) is 1.11. The Labute approximate surface area is 61.9 Å². The van der Waals surface area contributed by atoms with Crippen LogP contribution in [0.3, 0.4) is 0 Å². The minimum absolute atomic E-state index is 0.157. The van der Waals surface area contributed by atoms with Crippen molar-refractivity contribution in [3.8, 4) is 0 Å². The van der Waals surface area contributed by atoms with Gasteiger partial charge in [-0.15, -0.1) is 0 Å². The Morgan fingerprint density at radius 1 is 1.60 bits per heavy atom. The molecule has 2 nitrogen and oxygen atoms in total. The summed E-state index contributed by atoms with van der Waals surface area (Å²) < 4.78 is 4.99. The van der Waals surface area contributed by atoms with Crippen molar-refractivity contribution in [3.05, 3.63) is 12.2 Å². The molecule has 2 heteroatoms. The fraction of sp³-hybridized carbons (Fsp3) is 0.625. The molecule has 0 spiro atoms. The van der Waals surface area contributed by atoms with Gasteiger partial charge in [-0.1, -0.05) is 19.1 Å². The molecule has 10 heavy (non-hydrogen) atoms. The van der Waals surface area contributed by atoms with Gasteiger partial charge in [0.1, 0.15) is 6.61 Å². The zero-order valence-corrected chi connectivity index (χ0v) is 6.59. The van der Waals surface area contributed by atoms with Gasteiger partial charge in [0.05, 0.1) is 6.61 Å². The van der Waals surface area contributed by atoms with Crippen molar-refractivity contribution in [1.29, 1.82) is 0 Å². The molecule has 0 saturated carbocycles. The first-order chi connectivity index (χ1) is 4.81. The molecule has 0 unspecified atom stereocenters. The van der Waals surface area contributed by atoms with Gasteiger partial charge < -0.3 is 4.74 Å². The zero-order chi connectivity index (χ0) is 7.82. The number of carbonyl (C=O) groups is 1. The van der Waals surface area contributed by atoms with Gasteiger partial charge in [-0.2, -0.15) is 0 Å². The van der Waals surface area contributed by atoms with Gasteiger partial charge >= 0.3 is 0 Å². The highest BCUT2D eigenvalue weighted by molar-refractivity contribution is 5.79. The maximum atomic E-state index is 10.6. The Hall–Kier alpha value is -0.630. The van der Waals surface area contributed by atoms with Crippen molar-refractivity contribution in [3.63, 3.8) is 0 Å². The summed E-state index contributed by atoms with van der Waals surface area (Å²) in [5.74, 6) is 0.157. The topological polar surface area (TPSA) is 26.3 Å². The number of allylic oxidation sites excluding steroid dienone is 1. The molecule has 0 heterocycles. The van der Waals surface area contributed by atoms with E-state index in [1.165, 1.54) is 0 Å². The van der Waals surface area contributed by atoms with Crippen molar-refractivity contribution in [2.75, 3.05) is 13.2 Å². The van der Waals surface area contributed by atoms with E-state index in [0.29, 0.717) is 13.0 Å². The molecule has 0 radical (unpaired) electrons. The number of ketones is 1. The molecular weight excluding hydrogens is 128 g/mol. The molecule has 0 aromatic carbocycles. The normalized spacial score (nSPS) is 10.6. The van der Waals surface area contributed by atoms with E-state index in [-0.39, 0.29) is 12.4 Å². The number of Topliss-reactive ketones (excluding diaryl/α,β-unsaturated/α-hetero) is 1. The van der Waals surface area contributed by atoms with Crippen LogP contribution in [-0.4, -0.2) is 19.0 Å². The van der Waals surface area contributed by atoms with Crippen LogP contribution >= 0.6 is 0 Å². The summed E-state index contributed by atoms with van der Waals surface area (Å²) in [5.41, 5.74) is 0. The van der Waals surface area contributed by atoms with Crippen molar-refractivity contribution in [2.45, 2.75) is 20.3 Å². The van der Waals surface area contributed by atoms with Crippen molar-refractivity contribution in [2.24, 2.45) is 0 Å². The lowest BCUT2D eigenvalue weighted by Crippen LogP contribution is -2.06. The smallest absolute Gasteiger partial charge is 0.158 e. The van der Waals surface area contributed by atoms with Gasteiger partial charge in [0, 0.05) is 6.42 Å². The fourth-order valence-corrected chi connectivity index (χ4v) is 0.439. The molecule has 0 aliphatic heterocycles. The van der Waals surface area contributed by atoms with Crippen LogP contribution in [0.2, 0.25) is 0 Å². The van der Waals surface area contributed by atoms with Gasteiger partial charge in [-0.05, 0) is 6.92 Å². The predicted molar refractivity (Wildman–Crippen MR) is 40.9 cm³/mol. The fourth-order valence-electron chi connectivity index (χ4n) is 0.439. The minimum atomic E-state index is 0.157. The third-order valence-corrected chi connectivity index (χ3v) is 1.11. The maximum Gasteiger partial charge on any atom is 0.158 e. The number of ether oxygens (including phenoxy) is 1. The maximum absolute atomic E-state index is 10.6. The summed E-state index contributed by atoms with van der Waals surface area (Å²) in [6.07, 6.45) is 4.34. The molecule has 0 aromatic rings. The molecule has 0 aliphatic rings. The molecule has 0 bridgehead atoms. The largest absolute Gasteiger partial charge is 0.370 e. The highest BCUT2D eigenvalue weighted by atomic mass is 16.5. The van der Waals surface area contributed by atoms with E-state index >= 15 is 0 Å². The lowest BCUT2D eigenvalue weighted by atomic mass is 10.3.